The van der Waals surface area contributed by atoms with Crippen LogP contribution in [-0.2, 0) is 18.4 Å². The molecule has 0 spiro atoms. The monoisotopic (exact) mass is 500 g/mol. The minimum Gasteiger partial charge on any atom is -0.305 e. The molecule has 0 N–H and O–H groups in total. The van der Waals surface area contributed by atoms with E-state index in [9.17, 15) is 4.79 Å². The molecule has 5 nitrogen and oxygen atoms in total. The summed E-state index contributed by atoms with van der Waals surface area (Å²) in [6, 6.07) is 13.7. The molecule has 37 heavy (non-hydrogen) atoms. The summed E-state index contributed by atoms with van der Waals surface area (Å²) < 4.78 is 16.8. The second-order valence-electron chi connectivity index (χ2n) is 10.5. The number of halogens is 1. The quantitative estimate of drug-likeness (QED) is 0.282. The Bertz CT molecular complexity index is 1600. The van der Waals surface area contributed by atoms with Gasteiger partial charge in [-0.25, -0.2) is 4.39 Å². The van der Waals surface area contributed by atoms with E-state index in [1.165, 1.54) is 12.3 Å². The van der Waals surface area contributed by atoms with Crippen LogP contribution in [0.2, 0.25) is 0 Å². The van der Waals surface area contributed by atoms with Gasteiger partial charge in [-0.2, -0.15) is 0 Å². The van der Waals surface area contributed by atoms with Crippen LogP contribution in [0.4, 0.5) is 4.39 Å². The Hall–Kier alpha value is -3.64. The largest absolute Gasteiger partial charge is 0.305 e. The minimum absolute atomic E-state index is 0. The maximum atomic E-state index is 15.1. The molecule has 0 amide bonds. The van der Waals surface area contributed by atoms with Crippen molar-refractivity contribution in [1.29, 1.82) is 0 Å². The van der Waals surface area contributed by atoms with E-state index < -0.39 is 5.41 Å². The Labute approximate surface area is 220 Å². The second-order valence-corrected chi connectivity index (χ2v) is 10.5. The van der Waals surface area contributed by atoms with Crippen molar-refractivity contribution < 1.29 is 8.67 Å². The summed E-state index contributed by atoms with van der Waals surface area (Å²) in [5.41, 5.74) is 4.30. The van der Waals surface area contributed by atoms with E-state index in [-0.39, 0.29) is 15.7 Å². The molecule has 194 valence electrons. The standard InChI is InChI=1S/C31H31FN4O.3H2/c1-3-22-6-5-7-23-9-11-24(34-29(22)23)10-8-21-14-16-35(17-15-21)19-31(4-2)20-36-27(37)13-12-26-30(36)28(31)25(32)18-33-26;;;/h3-7,9,11-13,18,21H,1-2,8,10,14-17,19-20H2;3*1H/t31-;;;/m1.../s1. The fourth-order valence-electron chi connectivity index (χ4n) is 6.29. The number of hydrogen-bond acceptors (Lipinski definition) is 4. The van der Waals surface area contributed by atoms with Crippen molar-refractivity contribution in [3.05, 3.63) is 101 Å². The molecule has 3 aromatic heterocycles. The van der Waals surface area contributed by atoms with Crippen LogP contribution in [0.25, 0.3) is 28.0 Å². The number of aryl methyl sites for hydroxylation is 1. The molecule has 1 saturated heterocycles. The number of likely N-dealkylation sites (tertiary alicyclic amines) is 1. The summed E-state index contributed by atoms with van der Waals surface area (Å²) in [6.07, 6.45) is 9.25. The van der Waals surface area contributed by atoms with Crippen LogP contribution in [0, 0.1) is 11.7 Å². The van der Waals surface area contributed by atoms with E-state index in [4.69, 9.17) is 4.98 Å². The van der Waals surface area contributed by atoms with Gasteiger partial charge in [0.2, 0.25) is 0 Å². The molecule has 0 unspecified atom stereocenters. The van der Waals surface area contributed by atoms with Gasteiger partial charge >= 0.3 is 0 Å². The van der Waals surface area contributed by atoms with Crippen LogP contribution in [0.3, 0.4) is 0 Å². The lowest BCUT2D eigenvalue weighted by Gasteiger charge is -2.38. The molecule has 2 aliphatic heterocycles. The summed E-state index contributed by atoms with van der Waals surface area (Å²) in [4.78, 5) is 24.2. The molecule has 0 saturated carbocycles. The van der Waals surface area contributed by atoms with Crippen LogP contribution in [0.1, 0.15) is 40.4 Å². The maximum absolute atomic E-state index is 15.1. The van der Waals surface area contributed by atoms with Gasteiger partial charge in [0.15, 0.2) is 0 Å². The first-order valence-corrected chi connectivity index (χ1v) is 13.1. The van der Waals surface area contributed by atoms with Gasteiger partial charge in [0, 0.05) is 51.1 Å². The third-order valence-corrected chi connectivity index (χ3v) is 8.33. The first-order chi connectivity index (χ1) is 18.0. The molecule has 0 radical (unpaired) electrons. The molecular weight excluding hydrogens is 463 g/mol. The number of hydrogen-bond donors (Lipinski definition) is 0. The smallest absolute Gasteiger partial charge is 0.251 e. The van der Waals surface area contributed by atoms with Crippen molar-refractivity contribution in [2.45, 2.75) is 37.6 Å². The Morgan fingerprint density at radius 1 is 1.14 bits per heavy atom. The summed E-state index contributed by atoms with van der Waals surface area (Å²) in [5, 5.41) is 1.14. The van der Waals surface area contributed by atoms with Gasteiger partial charge in [0.05, 0.1) is 22.7 Å². The topological polar surface area (TPSA) is 51.0 Å². The minimum atomic E-state index is -0.635. The molecule has 2 aliphatic rings. The Morgan fingerprint density at radius 3 is 2.76 bits per heavy atom. The molecule has 1 aromatic carbocycles. The number of para-hydroxylation sites is 1. The zero-order valence-electron chi connectivity index (χ0n) is 21.0. The molecule has 0 aliphatic carbocycles. The molecule has 4 aromatic rings. The highest BCUT2D eigenvalue weighted by molar-refractivity contribution is 5.87. The number of fused-ring (bicyclic) bond motifs is 1. The molecule has 1 atom stereocenters. The fraction of sp³-hybridized carbons (Fsp3) is 0.323. The number of piperidine rings is 1. The summed E-state index contributed by atoms with van der Waals surface area (Å²) in [7, 11) is 0. The van der Waals surface area contributed by atoms with Crippen molar-refractivity contribution in [3.63, 3.8) is 0 Å². The highest BCUT2D eigenvalue weighted by Gasteiger charge is 2.42. The molecule has 0 bridgehead atoms. The lowest BCUT2D eigenvalue weighted by molar-refractivity contribution is 0.151. The molecule has 6 rings (SSSR count). The Kier molecular flexibility index (Phi) is 6.00. The first-order valence-electron chi connectivity index (χ1n) is 13.1. The van der Waals surface area contributed by atoms with Crippen molar-refractivity contribution in [2.24, 2.45) is 5.92 Å². The Balaban J connectivity index is 0.00000147. The molecular formula is C31H37FN4O. The van der Waals surface area contributed by atoms with Crippen molar-refractivity contribution in [2.75, 3.05) is 19.6 Å². The normalized spacial score (nSPS) is 20.0. The molecule has 5 heterocycles. The van der Waals surface area contributed by atoms with Crippen molar-refractivity contribution in [1.82, 2.24) is 19.4 Å². The van der Waals surface area contributed by atoms with Gasteiger partial charge in [0.1, 0.15) is 5.82 Å². The van der Waals surface area contributed by atoms with Gasteiger partial charge in [-0.15, -0.1) is 6.58 Å². The summed E-state index contributed by atoms with van der Waals surface area (Å²) in [6.45, 7) is 11.0. The van der Waals surface area contributed by atoms with Gasteiger partial charge in [0.25, 0.3) is 5.56 Å². The lowest BCUT2D eigenvalue weighted by atomic mass is 9.80. The van der Waals surface area contributed by atoms with Crippen molar-refractivity contribution >= 4 is 28.0 Å². The van der Waals surface area contributed by atoms with Gasteiger partial charge in [-0.1, -0.05) is 43.0 Å². The van der Waals surface area contributed by atoms with Crippen LogP contribution in [0.15, 0.2) is 72.7 Å². The van der Waals surface area contributed by atoms with E-state index >= 15 is 4.39 Å². The second kappa shape index (κ2) is 9.34. The SMILES string of the molecule is C=Cc1cccc2ccc(CCC3CCN(C[C@]4(C=C)Cn5c(=O)ccc6ncc(F)c4c65)CC3)nc12.[HH].[HH].[HH]. The van der Waals surface area contributed by atoms with Crippen LogP contribution in [-0.4, -0.2) is 39.1 Å². The van der Waals surface area contributed by atoms with Gasteiger partial charge in [-0.3, -0.25) is 14.8 Å². The van der Waals surface area contributed by atoms with Crippen LogP contribution < -0.4 is 5.56 Å². The van der Waals surface area contributed by atoms with E-state index in [1.54, 1.807) is 10.6 Å². The van der Waals surface area contributed by atoms with Crippen LogP contribution >= 0.6 is 0 Å². The zero-order chi connectivity index (χ0) is 25.6. The van der Waals surface area contributed by atoms with E-state index in [0.29, 0.717) is 35.6 Å². The predicted octanol–water partition coefficient (Wildman–Crippen LogP) is 6.25. The maximum Gasteiger partial charge on any atom is 0.251 e. The average molecular weight is 501 g/mol. The number of rotatable bonds is 7. The van der Waals surface area contributed by atoms with Crippen LogP contribution in [0.5, 0.6) is 0 Å². The lowest BCUT2D eigenvalue weighted by Crippen LogP contribution is -2.44. The van der Waals surface area contributed by atoms with E-state index in [0.717, 1.165) is 60.9 Å². The highest BCUT2D eigenvalue weighted by Crippen LogP contribution is 2.41. The average Bonchev–Trinajstić information content (AvgIpc) is 3.28. The van der Waals surface area contributed by atoms with Gasteiger partial charge < -0.3 is 9.47 Å². The zero-order valence-corrected chi connectivity index (χ0v) is 21.0. The predicted molar refractivity (Wildman–Crippen MR) is 153 cm³/mol. The highest BCUT2D eigenvalue weighted by atomic mass is 19.1. The third kappa shape index (κ3) is 4.09. The number of aromatic nitrogens is 3. The third-order valence-electron chi connectivity index (χ3n) is 8.33. The van der Waals surface area contributed by atoms with E-state index in [2.05, 4.69) is 47.3 Å². The molecule has 1 fully saturated rings. The van der Waals surface area contributed by atoms with Crippen molar-refractivity contribution in [3.8, 4) is 0 Å². The van der Waals surface area contributed by atoms with Gasteiger partial charge in [-0.05, 0) is 56.8 Å². The molecule has 6 heteroatoms. The number of benzene rings is 1. The number of nitrogens with zero attached hydrogens (tertiary/aromatic N) is 4. The summed E-state index contributed by atoms with van der Waals surface area (Å²) in [5.74, 6) is 0.275. The van der Waals surface area contributed by atoms with E-state index in [1.807, 2.05) is 18.2 Å². The Morgan fingerprint density at radius 2 is 1.97 bits per heavy atom. The fourth-order valence-corrected chi connectivity index (χ4v) is 6.29. The first kappa shape index (κ1) is 23.7. The number of pyridine rings is 3. The summed E-state index contributed by atoms with van der Waals surface area (Å²) >= 11 is 0.